The molecule has 2 nitrogen and oxygen atoms in total. The van der Waals surface area contributed by atoms with Crippen LogP contribution < -0.4 is 0 Å². The zero-order valence-electron chi connectivity index (χ0n) is 11.6. The van der Waals surface area contributed by atoms with E-state index in [0.29, 0.717) is 6.42 Å². The molecule has 0 fully saturated rings. The summed E-state index contributed by atoms with van der Waals surface area (Å²) in [5, 5.41) is 0. The van der Waals surface area contributed by atoms with Crippen LogP contribution in [0.4, 0.5) is 0 Å². The summed E-state index contributed by atoms with van der Waals surface area (Å²) in [6, 6.07) is 17.7. The van der Waals surface area contributed by atoms with Crippen LogP contribution in [0.3, 0.4) is 0 Å². The van der Waals surface area contributed by atoms with Crippen molar-refractivity contribution in [3.05, 3.63) is 70.2 Å². The molecule has 0 saturated carbocycles. The first-order valence-corrected chi connectivity index (χ1v) is 7.45. The van der Waals surface area contributed by atoms with Gasteiger partial charge in [-0.15, -0.1) is 0 Å². The molecule has 0 N–H and O–H groups in total. The summed E-state index contributed by atoms with van der Waals surface area (Å²) in [6.45, 7) is 1.62. The van der Waals surface area contributed by atoms with Gasteiger partial charge in [-0.05, 0) is 24.7 Å². The molecular weight excluding hydrogens is 314 g/mol. The third-order valence-electron chi connectivity index (χ3n) is 3.18. The molecule has 20 heavy (non-hydrogen) atoms. The molecule has 0 aliphatic rings. The molecule has 2 rings (SSSR count). The van der Waals surface area contributed by atoms with Crippen molar-refractivity contribution in [2.24, 2.45) is 0 Å². The van der Waals surface area contributed by atoms with E-state index in [1.165, 1.54) is 5.56 Å². The van der Waals surface area contributed by atoms with Gasteiger partial charge in [0.25, 0.3) is 0 Å². The van der Waals surface area contributed by atoms with Gasteiger partial charge in [-0.1, -0.05) is 58.4 Å². The van der Waals surface area contributed by atoms with Gasteiger partial charge in [0, 0.05) is 29.5 Å². The predicted molar refractivity (Wildman–Crippen MR) is 85.9 cm³/mol. The maximum atomic E-state index is 12.0. The number of carbonyl (C=O) groups excluding carboxylic acids is 1. The molecule has 2 aromatic carbocycles. The highest BCUT2D eigenvalue weighted by molar-refractivity contribution is 9.10. The number of nitrogens with zero attached hydrogens (tertiary/aromatic N) is 1. The molecule has 0 heterocycles. The van der Waals surface area contributed by atoms with Crippen molar-refractivity contribution in [1.29, 1.82) is 0 Å². The Kier molecular flexibility index (Phi) is 5.50. The standard InChI is InChI=1S/C17H18BrNO/c1-19(13-14-7-9-16(18)10-8-14)12-11-17(20)15-5-3-2-4-6-15/h2-10H,11-13H2,1H3. The number of carbonyl (C=O) groups is 1. The fourth-order valence-corrected chi connectivity index (χ4v) is 2.31. The quantitative estimate of drug-likeness (QED) is 0.741. The second-order valence-corrected chi connectivity index (χ2v) is 5.82. The largest absolute Gasteiger partial charge is 0.302 e. The first-order chi connectivity index (χ1) is 9.65. The molecule has 0 aromatic heterocycles. The first-order valence-electron chi connectivity index (χ1n) is 6.66. The lowest BCUT2D eigenvalue weighted by Gasteiger charge is -2.16. The maximum Gasteiger partial charge on any atom is 0.164 e. The summed E-state index contributed by atoms with van der Waals surface area (Å²) in [5.74, 6) is 0.202. The average Bonchev–Trinajstić information content (AvgIpc) is 2.48. The summed E-state index contributed by atoms with van der Waals surface area (Å²) < 4.78 is 1.09. The molecule has 0 unspecified atom stereocenters. The van der Waals surface area contributed by atoms with Crippen molar-refractivity contribution in [2.75, 3.05) is 13.6 Å². The van der Waals surface area contributed by atoms with E-state index in [1.54, 1.807) is 0 Å². The van der Waals surface area contributed by atoms with Gasteiger partial charge in [0.1, 0.15) is 0 Å². The van der Waals surface area contributed by atoms with Gasteiger partial charge >= 0.3 is 0 Å². The fraction of sp³-hybridized carbons (Fsp3) is 0.235. The van der Waals surface area contributed by atoms with Gasteiger partial charge in [0.05, 0.1) is 0 Å². The van der Waals surface area contributed by atoms with Crippen molar-refractivity contribution in [3.63, 3.8) is 0 Å². The number of halogens is 1. The first kappa shape index (κ1) is 14.9. The third kappa shape index (κ3) is 4.58. The number of rotatable bonds is 6. The third-order valence-corrected chi connectivity index (χ3v) is 3.71. The molecule has 3 heteroatoms. The highest BCUT2D eigenvalue weighted by Crippen LogP contribution is 2.12. The summed E-state index contributed by atoms with van der Waals surface area (Å²) in [5.41, 5.74) is 2.05. The van der Waals surface area contributed by atoms with Gasteiger partial charge in [-0.3, -0.25) is 4.79 Å². The van der Waals surface area contributed by atoms with Gasteiger partial charge in [-0.2, -0.15) is 0 Å². The fourth-order valence-electron chi connectivity index (χ4n) is 2.04. The van der Waals surface area contributed by atoms with Crippen LogP contribution in [-0.4, -0.2) is 24.3 Å². The summed E-state index contributed by atoms with van der Waals surface area (Å²) in [6.07, 6.45) is 0.553. The van der Waals surface area contributed by atoms with Crippen LogP contribution in [0.15, 0.2) is 59.1 Å². The van der Waals surface area contributed by atoms with Crippen LogP contribution in [-0.2, 0) is 6.54 Å². The molecule has 0 amide bonds. The predicted octanol–water partition coefficient (Wildman–Crippen LogP) is 4.15. The Morgan fingerprint density at radius 2 is 1.70 bits per heavy atom. The van der Waals surface area contributed by atoms with Crippen LogP contribution in [0.1, 0.15) is 22.3 Å². The minimum absolute atomic E-state index is 0.202. The Labute approximate surface area is 128 Å². The average molecular weight is 332 g/mol. The van der Waals surface area contributed by atoms with E-state index in [0.717, 1.165) is 23.1 Å². The lowest BCUT2D eigenvalue weighted by molar-refractivity contribution is 0.0968. The van der Waals surface area contributed by atoms with Crippen LogP contribution >= 0.6 is 15.9 Å². The van der Waals surface area contributed by atoms with Crippen LogP contribution in [0.5, 0.6) is 0 Å². The minimum atomic E-state index is 0.202. The van der Waals surface area contributed by atoms with Crippen LogP contribution in [0, 0.1) is 0 Å². The van der Waals surface area contributed by atoms with E-state index >= 15 is 0 Å². The monoisotopic (exact) mass is 331 g/mol. The Hall–Kier alpha value is -1.45. The minimum Gasteiger partial charge on any atom is -0.302 e. The zero-order chi connectivity index (χ0) is 14.4. The molecular formula is C17H18BrNO. The molecule has 0 bridgehead atoms. The van der Waals surface area contributed by atoms with E-state index in [-0.39, 0.29) is 5.78 Å². The SMILES string of the molecule is CN(CCC(=O)c1ccccc1)Cc1ccc(Br)cc1. The topological polar surface area (TPSA) is 20.3 Å². The van der Waals surface area contributed by atoms with Crippen molar-refractivity contribution >= 4 is 21.7 Å². The Balaban J connectivity index is 1.82. The molecule has 2 aromatic rings. The Morgan fingerprint density at radius 1 is 1.05 bits per heavy atom. The second-order valence-electron chi connectivity index (χ2n) is 4.90. The Bertz CT molecular complexity index is 551. The van der Waals surface area contributed by atoms with Gasteiger partial charge in [0.15, 0.2) is 5.78 Å². The van der Waals surface area contributed by atoms with Crippen LogP contribution in [0.2, 0.25) is 0 Å². The lowest BCUT2D eigenvalue weighted by atomic mass is 10.1. The smallest absolute Gasteiger partial charge is 0.164 e. The van der Waals surface area contributed by atoms with E-state index in [1.807, 2.05) is 49.5 Å². The molecule has 0 aliphatic heterocycles. The van der Waals surface area contributed by atoms with Crippen molar-refractivity contribution < 1.29 is 4.79 Å². The zero-order valence-corrected chi connectivity index (χ0v) is 13.1. The van der Waals surface area contributed by atoms with E-state index < -0.39 is 0 Å². The summed E-state index contributed by atoms with van der Waals surface area (Å²) in [4.78, 5) is 14.2. The molecule has 0 atom stereocenters. The lowest BCUT2D eigenvalue weighted by Crippen LogP contribution is -2.21. The van der Waals surface area contributed by atoms with E-state index in [4.69, 9.17) is 0 Å². The van der Waals surface area contributed by atoms with Crippen LogP contribution in [0.25, 0.3) is 0 Å². The molecule has 0 saturated heterocycles. The van der Waals surface area contributed by atoms with Crippen molar-refractivity contribution in [3.8, 4) is 0 Å². The normalized spacial score (nSPS) is 10.8. The maximum absolute atomic E-state index is 12.0. The van der Waals surface area contributed by atoms with Crippen molar-refractivity contribution in [2.45, 2.75) is 13.0 Å². The number of ketones is 1. The number of benzene rings is 2. The van der Waals surface area contributed by atoms with E-state index in [2.05, 4.69) is 33.0 Å². The molecule has 0 aliphatic carbocycles. The number of hydrogen-bond donors (Lipinski definition) is 0. The van der Waals surface area contributed by atoms with Gasteiger partial charge in [0.2, 0.25) is 0 Å². The molecule has 104 valence electrons. The highest BCUT2D eigenvalue weighted by atomic mass is 79.9. The second kappa shape index (κ2) is 7.36. The summed E-state index contributed by atoms with van der Waals surface area (Å²) >= 11 is 3.43. The number of hydrogen-bond acceptors (Lipinski definition) is 2. The highest BCUT2D eigenvalue weighted by Gasteiger charge is 2.07. The molecule has 0 radical (unpaired) electrons. The number of Topliss-reactive ketones (excluding diaryl/α,β-unsaturated/α-hetero) is 1. The van der Waals surface area contributed by atoms with E-state index in [9.17, 15) is 4.79 Å². The van der Waals surface area contributed by atoms with Crippen molar-refractivity contribution in [1.82, 2.24) is 4.90 Å². The molecule has 0 spiro atoms. The van der Waals surface area contributed by atoms with Gasteiger partial charge < -0.3 is 4.90 Å². The summed E-state index contributed by atoms with van der Waals surface area (Å²) in [7, 11) is 2.04. The van der Waals surface area contributed by atoms with Gasteiger partial charge in [-0.25, -0.2) is 0 Å². The Morgan fingerprint density at radius 3 is 2.35 bits per heavy atom.